The second-order valence-electron chi connectivity index (χ2n) is 5.29. The third-order valence-corrected chi connectivity index (χ3v) is 3.45. The number of anilines is 2. The minimum atomic E-state index is 0.498. The second-order valence-corrected chi connectivity index (χ2v) is 5.29. The Labute approximate surface area is 138 Å². The Morgan fingerprint density at radius 1 is 1.00 bits per heavy atom. The van der Waals surface area contributed by atoms with Gasteiger partial charge in [0, 0.05) is 36.4 Å². The zero-order chi connectivity index (χ0) is 16.4. The molecule has 0 aliphatic rings. The first-order valence-electron chi connectivity index (χ1n) is 7.55. The van der Waals surface area contributed by atoms with Gasteiger partial charge >= 0.3 is 0 Å². The Kier molecular flexibility index (Phi) is 3.55. The molecule has 4 rings (SSSR count). The molecular weight excluding hydrogens is 302 g/mol. The number of nitrogens with one attached hydrogen (secondary N) is 1. The van der Waals surface area contributed by atoms with Gasteiger partial charge in [0.15, 0.2) is 0 Å². The average Bonchev–Trinajstić information content (AvgIpc) is 3.03. The van der Waals surface area contributed by atoms with E-state index in [1.807, 2.05) is 66.2 Å². The predicted molar refractivity (Wildman–Crippen MR) is 91.8 cm³/mol. The Hall–Kier alpha value is -3.41. The lowest BCUT2D eigenvalue weighted by atomic mass is 10.3. The molecule has 0 aliphatic carbocycles. The summed E-state index contributed by atoms with van der Waals surface area (Å²) in [7, 11) is 0. The number of imidazole rings is 1. The lowest BCUT2D eigenvalue weighted by molar-refractivity contribution is 0.460. The van der Waals surface area contributed by atoms with Gasteiger partial charge in [-0.2, -0.15) is 4.98 Å². The third kappa shape index (κ3) is 3.03. The van der Waals surface area contributed by atoms with Crippen molar-refractivity contribution in [3.05, 3.63) is 72.9 Å². The van der Waals surface area contributed by atoms with Crippen LogP contribution in [0.25, 0.3) is 5.65 Å². The molecule has 118 valence electrons. The predicted octanol–water partition coefficient (Wildman–Crippen LogP) is 3.97. The molecule has 4 aromatic rings. The summed E-state index contributed by atoms with van der Waals surface area (Å²) in [5, 5.41) is 3.27. The van der Waals surface area contributed by atoms with Gasteiger partial charge in [-0.3, -0.25) is 0 Å². The highest BCUT2D eigenvalue weighted by Gasteiger charge is 2.05. The fourth-order valence-corrected chi connectivity index (χ4v) is 2.40. The summed E-state index contributed by atoms with van der Waals surface area (Å²) in [4.78, 5) is 13.0. The fourth-order valence-electron chi connectivity index (χ4n) is 2.40. The lowest BCUT2D eigenvalue weighted by Gasteiger charge is -2.09. The van der Waals surface area contributed by atoms with E-state index in [1.165, 1.54) is 0 Å². The van der Waals surface area contributed by atoms with Crippen LogP contribution in [0.1, 0.15) is 5.82 Å². The van der Waals surface area contributed by atoms with Gasteiger partial charge in [-0.25, -0.2) is 9.97 Å². The smallest absolute Gasteiger partial charge is 0.224 e. The van der Waals surface area contributed by atoms with Gasteiger partial charge < -0.3 is 14.5 Å². The van der Waals surface area contributed by atoms with Crippen LogP contribution in [0.3, 0.4) is 0 Å². The summed E-state index contributed by atoms with van der Waals surface area (Å²) in [6.07, 6.45) is 5.61. The van der Waals surface area contributed by atoms with Gasteiger partial charge in [-0.15, -0.1) is 0 Å². The molecule has 0 radical (unpaired) electrons. The Morgan fingerprint density at radius 3 is 2.75 bits per heavy atom. The summed E-state index contributed by atoms with van der Waals surface area (Å²) in [5.41, 5.74) is 1.77. The number of rotatable bonds is 4. The van der Waals surface area contributed by atoms with Crippen molar-refractivity contribution in [2.45, 2.75) is 6.92 Å². The highest BCUT2D eigenvalue weighted by molar-refractivity contribution is 5.61. The van der Waals surface area contributed by atoms with Crippen molar-refractivity contribution < 1.29 is 4.74 Å². The molecule has 0 aliphatic heterocycles. The molecule has 3 aromatic heterocycles. The van der Waals surface area contributed by atoms with Gasteiger partial charge in [0.25, 0.3) is 0 Å². The number of ether oxygens (including phenoxy) is 1. The van der Waals surface area contributed by atoms with E-state index in [0.29, 0.717) is 17.5 Å². The monoisotopic (exact) mass is 317 g/mol. The normalized spacial score (nSPS) is 10.7. The van der Waals surface area contributed by atoms with E-state index < -0.39 is 0 Å². The topological polar surface area (TPSA) is 64.3 Å². The largest absolute Gasteiger partial charge is 0.439 e. The van der Waals surface area contributed by atoms with Crippen molar-refractivity contribution in [2.24, 2.45) is 0 Å². The summed E-state index contributed by atoms with van der Waals surface area (Å²) in [6.45, 7) is 1.83. The molecular formula is C18H15N5O. The molecule has 0 bridgehead atoms. The third-order valence-electron chi connectivity index (χ3n) is 3.45. The maximum atomic E-state index is 5.79. The van der Waals surface area contributed by atoms with Crippen LogP contribution in [0.4, 0.5) is 11.5 Å². The molecule has 1 N–H and O–H groups in total. The average molecular weight is 317 g/mol. The number of nitrogens with zero attached hydrogens (tertiary/aromatic N) is 4. The van der Waals surface area contributed by atoms with Crippen molar-refractivity contribution >= 4 is 17.2 Å². The highest BCUT2D eigenvalue weighted by Crippen LogP contribution is 2.23. The number of hydrogen-bond donors (Lipinski definition) is 1. The number of fused-ring (bicyclic) bond motifs is 1. The molecule has 0 saturated carbocycles. The lowest BCUT2D eigenvalue weighted by Crippen LogP contribution is -1.99. The van der Waals surface area contributed by atoms with Gasteiger partial charge in [0.1, 0.15) is 23.0 Å². The molecule has 6 nitrogen and oxygen atoms in total. The van der Waals surface area contributed by atoms with E-state index in [0.717, 1.165) is 17.1 Å². The van der Waals surface area contributed by atoms with E-state index in [-0.39, 0.29) is 0 Å². The van der Waals surface area contributed by atoms with Crippen LogP contribution >= 0.6 is 0 Å². The van der Waals surface area contributed by atoms with E-state index in [9.17, 15) is 0 Å². The second kappa shape index (κ2) is 6.00. The van der Waals surface area contributed by atoms with Gasteiger partial charge in [-0.1, -0.05) is 18.2 Å². The van der Waals surface area contributed by atoms with Crippen LogP contribution in [0, 0.1) is 6.92 Å². The van der Waals surface area contributed by atoms with E-state index in [2.05, 4.69) is 20.3 Å². The van der Waals surface area contributed by atoms with Crippen LogP contribution < -0.4 is 10.1 Å². The molecule has 6 heteroatoms. The first-order chi connectivity index (χ1) is 11.8. The number of benzene rings is 1. The molecule has 0 amide bonds. The Bertz CT molecular complexity index is 981. The van der Waals surface area contributed by atoms with Crippen LogP contribution in [0.2, 0.25) is 0 Å². The molecule has 0 spiro atoms. The van der Waals surface area contributed by atoms with Gasteiger partial charge in [0.05, 0.1) is 0 Å². The SMILES string of the molecule is Cc1nc(Nc2ccn3ccnc3c2)cc(Oc2ccccc2)n1. The molecule has 0 fully saturated rings. The number of aromatic nitrogens is 4. The number of hydrogen-bond acceptors (Lipinski definition) is 5. The minimum absolute atomic E-state index is 0.498. The molecule has 0 unspecified atom stereocenters. The van der Waals surface area contributed by atoms with Crippen molar-refractivity contribution in [3.63, 3.8) is 0 Å². The quantitative estimate of drug-likeness (QED) is 0.617. The number of aryl methyl sites for hydroxylation is 1. The summed E-state index contributed by atoms with van der Waals surface area (Å²) >= 11 is 0. The Balaban J connectivity index is 1.60. The summed E-state index contributed by atoms with van der Waals surface area (Å²) in [6, 6.07) is 15.2. The van der Waals surface area contributed by atoms with E-state index in [4.69, 9.17) is 4.74 Å². The standard InChI is InChI=1S/C18H15N5O/c1-13-20-16(12-18(21-13)24-15-5-3-2-4-6-15)22-14-7-9-23-10-8-19-17(23)11-14/h2-12H,1H3,(H,20,21,22). The summed E-state index contributed by atoms with van der Waals surface area (Å²) in [5.74, 6) is 2.54. The molecule has 0 saturated heterocycles. The zero-order valence-electron chi connectivity index (χ0n) is 13.0. The van der Waals surface area contributed by atoms with Crippen LogP contribution in [-0.4, -0.2) is 19.4 Å². The highest BCUT2D eigenvalue weighted by atomic mass is 16.5. The number of pyridine rings is 1. The van der Waals surface area contributed by atoms with E-state index in [1.54, 1.807) is 12.3 Å². The van der Waals surface area contributed by atoms with Crippen LogP contribution in [0.5, 0.6) is 11.6 Å². The van der Waals surface area contributed by atoms with Crippen molar-refractivity contribution in [3.8, 4) is 11.6 Å². The molecule has 3 heterocycles. The first kappa shape index (κ1) is 14.2. The maximum Gasteiger partial charge on any atom is 0.224 e. The molecule has 0 atom stereocenters. The Morgan fingerprint density at radius 2 is 1.88 bits per heavy atom. The van der Waals surface area contributed by atoms with Crippen LogP contribution in [0.15, 0.2) is 67.1 Å². The van der Waals surface area contributed by atoms with Crippen LogP contribution in [-0.2, 0) is 0 Å². The van der Waals surface area contributed by atoms with Crippen molar-refractivity contribution in [1.29, 1.82) is 0 Å². The molecule has 1 aromatic carbocycles. The van der Waals surface area contributed by atoms with Crippen molar-refractivity contribution in [1.82, 2.24) is 19.4 Å². The summed E-state index contributed by atoms with van der Waals surface area (Å²) < 4.78 is 7.73. The molecule has 24 heavy (non-hydrogen) atoms. The first-order valence-corrected chi connectivity index (χ1v) is 7.55. The van der Waals surface area contributed by atoms with E-state index >= 15 is 0 Å². The maximum absolute atomic E-state index is 5.79. The van der Waals surface area contributed by atoms with Gasteiger partial charge in [-0.05, 0) is 25.1 Å². The van der Waals surface area contributed by atoms with Crippen molar-refractivity contribution in [2.75, 3.05) is 5.32 Å². The fraction of sp³-hybridized carbons (Fsp3) is 0.0556. The number of para-hydroxylation sites is 1. The minimum Gasteiger partial charge on any atom is -0.439 e. The zero-order valence-corrected chi connectivity index (χ0v) is 13.0. The van der Waals surface area contributed by atoms with Gasteiger partial charge in [0.2, 0.25) is 5.88 Å².